The summed E-state index contributed by atoms with van der Waals surface area (Å²) < 4.78 is 17.4. The van der Waals surface area contributed by atoms with Gasteiger partial charge in [0.15, 0.2) is 0 Å². The molecule has 0 fully saturated rings. The predicted octanol–water partition coefficient (Wildman–Crippen LogP) is 15.9. The van der Waals surface area contributed by atoms with Crippen molar-refractivity contribution in [3.63, 3.8) is 0 Å². The van der Waals surface area contributed by atoms with Crippen molar-refractivity contribution < 1.29 is 28.6 Å². The van der Waals surface area contributed by atoms with E-state index in [0.717, 1.165) is 101 Å². The lowest BCUT2D eigenvalue weighted by Crippen LogP contribution is -2.38. The highest BCUT2D eigenvalue weighted by Gasteiger charge is 2.28. The lowest BCUT2D eigenvalue weighted by atomic mass is 10.0. The molecule has 0 aromatic heterocycles. The van der Waals surface area contributed by atoms with Gasteiger partial charge in [-0.05, 0) is 174 Å². The van der Waals surface area contributed by atoms with E-state index in [1.807, 2.05) is 180 Å². The highest BCUT2D eigenvalue weighted by atomic mass is 16.6. The van der Waals surface area contributed by atoms with Gasteiger partial charge in [0, 0.05) is 42.3 Å². The van der Waals surface area contributed by atoms with Crippen LogP contribution in [0.2, 0.25) is 0 Å². The quantitative estimate of drug-likeness (QED) is 0.0478. The van der Waals surface area contributed by atoms with Crippen molar-refractivity contribution in [2.24, 2.45) is 9.98 Å². The van der Waals surface area contributed by atoms with E-state index in [9.17, 15) is 14.4 Å². The lowest BCUT2D eigenvalue weighted by molar-refractivity contribution is 0.0541. The van der Waals surface area contributed by atoms with Gasteiger partial charge in [-0.25, -0.2) is 14.4 Å². The first kappa shape index (κ1) is 55.0. The summed E-state index contributed by atoms with van der Waals surface area (Å²) in [7, 11) is 0. The molecule has 3 N–H and O–H groups in total. The Morgan fingerprint density at radius 3 is 1.63 bits per heavy atom. The molecule has 380 valence electrons. The zero-order valence-corrected chi connectivity index (χ0v) is 44.3. The first-order valence-corrected chi connectivity index (χ1v) is 24.9. The normalized spacial score (nSPS) is 13.4. The molecule has 13 heteroatoms. The van der Waals surface area contributed by atoms with E-state index in [-0.39, 0.29) is 6.09 Å². The summed E-state index contributed by atoms with van der Waals surface area (Å²) in [6.07, 6.45) is 9.56. The molecule has 0 spiro atoms. The first-order valence-electron chi connectivity index (χ1n) is 24.9. The Morgan fingerprint density at radius 2 is 1.13 bits per heavy atom. The van der Waals surface area contributed by atoms with E-state index in [0.29, 0.717) is 36.6 Å². The molecule has 0 atom stereocenters. The van der Waals surface area contributed by atoms with Crippen molar-refractivity contribution >= 4 is 76.2 Å². The van der Waals surface area contributed by atoms with Crippen LogP contribution in [0.25, 0.3) is 0 Å². The molecule has 0 saturated carbocycles. The third kappa shape index (κ3) is 17.5. The van der Waals surface area contributed by atoms with Crippen LogP contribution in [0, 0.1) is 13.8 Å². The average molecular weight is 968 g/mol. The van der Waals surface area contributed by atoms with E-state index in [1.54, 1.807) is 9.80 Å². The smallest absolute Gasteiger partial charge is 0.414 e. The molecule has 4 aromatic carbocycles. The number of ether oxygens (including phenoxy) is 3. The molecule has 0 bridgehead atoms. The number of amides is 3. The van der Waals surface area contributed by atoms with Gasteiger partial charge >= 0.3 is 18.3 Å². The zero-order chi connectivity index (χ0) is 51.9. The number of para-hydroxylation sites is 2. The molecule has 0 unspecified atom stereocenters. The summed E-state index contributed by atoms with van der Waals surface area (Å²) in [5, 5.41) is 9.91. The van der Waals surface area contributed by atoms with E-state index < -0.39 is 29.0 Å². The fourth-order valence-corrected chi connectivity index (χ4v) is 8.00. The van der Waals surface area contributed by atoms with Crippen LogP contribution in [0.5, 0.6) is 0 Å². The second-order valence-electron chi connectivity index (χ2n) is 21.0. The molecule has 5 rings (SSSR count). The maximum absolute atomic E-state index is 14.0. The summed E-state index contributed by atoms with van der Waals surface area (Å²) in [5.74, 6) is 0. The van der Waals surface area contributed by atoms with Gasteiger partial charge < -0.3 is 24.8 Å². The Kier molecular flexibility index (Phi) is 19.2. The van der Waals surface area contributed by atoms with E-state index in [2.05, 4.69) is 27.7 Å². The van der Waals surface area contributed by atoms with Crippen LogP contribution in [0.4, 0.5) is 59.9 Å². The molecule has 0 saturated heterocycles. The van der Waals surface area contributed by atoms with Crippen LogP contribution in [-0.4, -0.2) is 60.6 Å². The third-order valence-electron chi connectivity index (χ3n) is 11.3. The van der Waals surface area contributed by atoms with Crippen molar-refractivity contribution in [1.29, 1.82) is 0 Å². The molecule has 0 heterocycles. The minimum Gasteiger partial charge on any atom is -0.444 e. The average Bonchev–Trinajstić information content (AvgIpc) is 3.27. The topological polar surface area (TPSA) is 146 Å². The van der Waals surface area contributed by atoms with Crippen LogP contribution >= 0.6 is 0 Å². The second-order valence-corrected chi connectivity index (χ2v) is 21.0. The molecule has 1 aliphatic rings. The van der Waals surface area contributed by atoms with Gasteiger partial charge in [0.2, 0.25) is 0 Å². The number of alkyl carbamates (subject to hydrolysis) is 1. The first-order chi connectivity index (χ1) is 33.5. The summed E-state index contributed by atoms with van der Waals surface area (Å²) >= 11 is 0. The number of carbonyl (C=O) groups is 3. The lowest BCUT2D eigenvalue weighted by Gasteiger charge is -2.29. The molecular weight excluding hydrogens is 891 g/mol. The van der Waals surface area contributed by atoms with E-state index >= 15 is 0 Å². The maximum Gasteiger partial charge on any atom is 0.414 e. The molecule has 1 aliphatic carbocycles. The number of rotatable bonds is 19. The van der Waals surface area contributed by atoms with Crippen LogP contribution < -0.4 is 25.8 Å². The minimum atomic E-state index is -0.693. The number of hydrogen-bond donors (Lipinski definition) is 3. The van der Waals surface area contributed by atoms with Crippen LogP contribution in [0.1, 0.15) is 132 Å². The fraction of sp³-hybridized carbons (Fsp3) is 0.431. The fourth-order valence-electron chi connectivity index (χ4n) is 8.00. The Labute approximate surface area is 422 Å². The molecule has 0 aliphatic heterocycles. The van der Waals surface area contributed by atoms with Gasteiger partial charge in [0.1, 0.15) is 16.8 Å². The standard InChI is InChI=1S/C58H77N7O6/c1-40-37-45(31-32-46(40)63-53(66)69-56(4,5)6)61-47-33-34-50(42(3)52(47)62-44-29-23-20-24-30-44)64(54(67)70-57(7,8)9)35-25-17-15-14-16-18-26-36-65(55(68)71-58(10,11)12)51-39-49(48(59-13)38-41(51)2)60-43-27-21-19-22-28-43/h19-24,27-30,32-34,37-39,60,62H,13-18,25-26,31,35-36H2,1-12H3,(H,63,66). The van der Waals surface area contributed by atoms with E-state index in [4.69, 9.17) is 19.2 Å². The largest absolute Gasteiger partial charge is 0.444 e. The van der Waals surface area contributed by atoms with Gasteiger partial charge in [-0.1, -0.05) is 74.6 Å². The van der Waals surface area contributed by atoms with Crippen molar-refractivity contribution in [1.82, 2.24) is 5.32 Å². The van der Waals surface area contributed by atoms with Crippen LogP contribution in [0.3, 0.4) is 0 Å². The Balaban J connectivity index is 1.26. The van der Waals surface area contributed by atoms with Gasteiger partial charge in [0.25, 0.3) is 0 Å². The van der Waals surface area contributed by atoms with Gasteiger partial charge in [-0.15, -0.1) is 0 Å². The molecule has 13 nitrogen and oxygen atoms in total. The maximum atomic E-state index is 14.0. The number of allylic oxidation sites excluding steroid dienone is 3. The highest BCUT2D eigenvalue weighted by Crippen LogP contribution is 2.40. The van der Waals surface area contributed by atoms with Crippen molar-refractivity contribution in [2.45, 2.75) is 151 Å². The summed E-state index contributed by atoms with van der Waals surface area (Å²) in [4.78, 5) is 53.2. The Bertz CT molecular complexity index is 2570. The molecule has 71 heavy (non-hydrogen) atoms. The number of benzene rings is 4. The summed E-state index contributed by atoms with van der Waals surface area (Å²) in [6.45, 7) is 27.4. The highest BCUT2D eigenvalue weighted by molar-refractivity contribution is 6.02. The molecule has 3 amide bonds. The van der Waals surface area contributed by atoms with Crippen molar-refractivity contribution in [3.8, 4) is 0 Å². The van der Waals surface area contributed by atoms with Gasteiger partial charge in [0.05, 0.1) is 34.1 Å². The van der Waals surface area contributed by atoms with Gasteiger partial charge in [-0.3, -0.25) is 25.1 Å². The third-order valence-corrected chi connectivity index (χ3v) is 11.3. The second kappa shape index (κ2) is 24.8. The Morgan fingerprint density at radius 1 is 0.620 bits per heavy atom. The molecule has 4 aromatic rings. The number of carbonyl (C=O) groups excluding carboxylic acids is 3. The number of nitrogens with one attached hydrogen (secondary N) is 3. The van der Waals surface area contributed by atoms with E-state index in [1.165, 1.54) is 0 Å². The number of aryl methyl sites for hydroxylation is 1. The Hall–Kier alpha value is -6.89. The van der Waals surface area contributed by atoms with Crippen LogP contribution in [0.15, 0.2) is 118 Å². The van der Waals surface area contributed by atoms with Crippen LogP contribution in [-0.2, 0) is 14.2 Å². The summed E-state index contributed by atoms with van der Waals surface area (Å²) in [6, 6.07) is 27.5. The van der Waals surface area contributed by atoms with Gasteiger partial charge in [-0.2, -0.15) is 0 Å². The number of unbranched alkanes of at least 4 members (excludes halogenated alkanes) is 6. The number of anilines is 6. The molecular formula is C58H77N7O6. The SMILES string of the molecule is C=Nc1cc(C)c(N(CCCCCCCCCN(C(=O)OC(C)(C)C)c2ccc(N=C3C=C(C)C(NC(=O)OC(C)(C)C)=CC3)c(Nc3ccccc3)c2C)C(=O)OC(C)(C)C)cc1Nc1ccccc1. The van der Waals surface area contributed by atoms with Crippen molar-refractivity contribution in [3.05, 3.63) is 119 Å². The van der Waals surface area contributed by atoms with Crippen molar-refractivity contribution in [2.75, 3.05) is 33.5 Å². The number of hydrogen-bond acceptors (Lipinski definition) is 10. The monoisotopic (exact) mass is 968 g/mol. The molecule has 0 radical (unpaired) electrons. The summed E-state index contributed by atoms with van der Waals surface area (Å²) in [5.41, 5.74) is 8.40. The number of aliphatic imine (C=N–C) groups is 2. The predicted molar refractivity (Wildman–Crippen MR) is 293 cm³/mol. The minimum absolute atomic E-state index is 0.389. The number of nitrogens with zero attached hydrogens (tertiary/aromatic N) is 4. The zero-order valence-electron chi connectivity index (χ0n) is 44.3.